The van der Waals surface area contributed by atoms with E-state index >= 15 is 0 Å². The van der Waals surface area contributed by atoms with Crippen LogP contribution in [0.4, 0.5) is 4.79 Å². The van der Waals surface area contributed by atoms with Crippen LogP contribution in [0.15, 0.2) is 48.6 Å². The number of carbonyl (C=O) groups is 3. The van der Waals surface area contributed by atoms with Crippen LogP contribution in [0.2, 0.25) is 0 Å². The average Bonchev–Trinajstić information content (AvgIpc) is 3.27. The lowest BCUT2D eigenvalue weighted by Gasteiger charge is -2.31. The lowest BCUT2D eigenvalue weighted by molar-refractivity contribution is -0.151. The first-order chi connectivity index (χ1) is 29.7. The smallest absolute Gasteiger partial charge is 0.465 e. The Hall–Kier alpha value is -3.03. The van der Waals surface area contributed by atoms with Crippen molar-refractivity contribution in [3.05, 3.63) is 48.6 Å². The molecule has 0 spiro atoms. The van der Waals surface area contributed by atoms with Crippen LogP contribution < -0.4 is 0 Å². The first-order valence-electron chi connectivity index (χ1n) is 23.7. The fourth-order valence-corrected chi connectivity index (χ4v) is 6.16. The van der Waals surface area contributed by atoms with E-state index in [1.807, 2.05) is 6.08 Å². The summed E-state index contributed by atoms with van der Waals surface area (Å²) in [6, 6.07) is 0. The molecular formula is C49H87NO11. The number of likely N-dealkylation sites (tertiary alicyclic amines) is 1. The number of aliphatic hydroxyl groups excluding tert-OH is 1. The Balaban J connectivity index is 0.00000555. The normalized spacial score (nSPS) is 15.7. The van der Waals surface area contributed by atoms with Gasteiger partial charge in [0.1, 0.15) is 19.8 Å². The van der Waals surface area contributed by atoms with Gasteiger partial charge in [-0.1, -0.05) is 90.2 Å². The third kappa shape index (κ3) is 38.4. The fourth-order valence-electron chi connectivity index (χ4n) is 6.16. The summed E-state index contributed by atoms with van der Waals surface area (Å²) in [4.78, 5) is 40.1. The van der Waals surface area contributed by atoms with Crippen LogP contribution in [0, 0.1) is 11.8 Å². The molecule has 12 nitrogen and oxygen atoms in total. The maximum absolute atomic E-state index is 12.7. The number of nitrogens with zero attached hydrogens (tertiary/aromatic N) is 1. The topological polar surface area (TPSA) is 139 Å². The molecule has 3 atom stereocenters. The molecule has 1 rings (SSSR count). The average molecular weight is 866 g/mol. The van der Waals surface area contributed by atoms with Crippen LogP contribution in [0.3, 0.4) is 0 Å². The Morgan fingerprint density at radius 3 is 1.59 bits per heavy atom. The maximum Gasteiger partial charge on any atom is 0.508 e. The molecule has 0 amide bonds. The van der Waals surface area contributed by atoms with E-state index in [0.717, 1.165) is 77.4 Å². The molecule has 1 aliphatic heterocycles. The van der Waals surface area contributed by atoms with Gasteiger partial charge in [-0.3, -0.25) is 9.59 Å². The molecular weight excluding hydrogens is 779 g/mol. The molecule has 0 bridgehead atoms. The third-order valence-corrected chi connectivity index (χ3v) is 9.65. The van der Waals surface area contributed by atoms with Crippen molar-refractivity contribution in [2.45, 2.75) is 170 Å². The zero-order valence-electron chi connectivity index (χ0n) is 39.2. The summed E-state index contributed by atoms with van der Waals surface area (Å²) in [6.07, 6.45) is 28.5. The Labute approximate surface area is 370 Å². The highest BCUT2D eigenvalue weighted by Crippen LogP contribution is 2.17. The number of unbranched alkanes of at least 4 members (excludes halogenated alkanes) is 2. The van der Waals surface area contributed by atoms with Crippen molar-refractivity contribution in [1.29, 1.82) is 0 Å². The molecule has 0 aromatic heterocycles. The van der Waals surface area contributed by atoms with E-state index in [-0.39, 0.29) is 57.4 Å². The summed E-state index contributed by atoms with van der Waals surface area (Å²) in [7, 11) is 0. The van der Waals surface area contributed by atoms with Gasteiger partial charge in [0.2, 0.25) is 0 Å². The lowest BCUT2D eigenvalue weighted by Crippen LogP contribution is -2.37. The number of allylic oxidation sites excluding steroid dienone is 5. The molecule has 0 aliphatic carbocycles. The van der Waals surface area contributed by atoms with Crippen molar-refractivity contribution >= 4 is 18.1 Å². The fraction of sp³-hybridized carbons (Fsp3) is 0.776. The van der Waals surface area contributed by atoms with E-state index in [1.54, 1.807) is 0 Å². The molecule has 0 aromatic rings. The molecule has 0 aromatic carbocycles. The molecule has 354 valence electrons. The van der Waals surface area contributed by atoms with Crippen molar-refractivity contribution < 1.29 is 52.6 Å². The summed E-state index contributed by atoms with van der Waals surface area (Å²) in [5.41, 5.74) is 0. The molecule has 1 N–H and O–H groups in total. The number of hydrogen-bond acceptors (Lipinski definition) is 12. The van der Waals surface area contributed by atoms with Crippen LogP contribution in [-0.4, -0.2) is 107 Å². The second-order valence-electron chi connectivity index (χ2n) is 15.3. The van der Waals surface area contributed by atoms with E-state index in [1.165, 1.54) is 12.8 Å². The van der Waals surface area contributed by atoms with E-state index in [4.69, 9.17) is 33.2 Å². The number of piperidine rings is 1. The largest absolute Gasteiger partial charge is 0.508 e. The van der Waals surface area contributed by atoms with E-state index in [2.05, 4.69) is 89.0 Å². The van der Waals surface area contributed by atoms with Crippen molar-refractivity contribution in [2.24, 2.45) is 11.8 Å². The quantitative estimate of drug-likeness (QED) is 0.0211. The second-order valence-corrected chi connectivity index (χ2v) is 15.3. The Bertz CT molecular complexity index is 1130. The summed E-state index contributed by atoms with van der Waals surface area (Å²) in [5.74, 6) is -1.10. The molecule has 3 unspecified atom stereocenters. The van der Waals surface area contributed by atoms with Gasteiger partial charge >= 0.3 is 18.1 Å². The minimum Gasteiger partial charge on any atom is -0.465 e. The van der Waals surface area contributed by atoms with Crippen molar-refractivity contribution in [3.8, 4) is 0 Å². The highest BCUT2D eigenvalue weighted by atomic mass is 16.7. The number of esters is 2. The lowest BCUT2D eigenvalue weighted by atomic mass is 9.99. The Morgan fingerprint density at radius 1 is 0.607 bits per heavy atom. The van der Waals surface area contributed by atoms with Gasteiger partial charge in [0.25, 0.3) is 0 Å². The second kappa shape index (κ2) is 43.6. The third-order valence-electron chi connectivity index (χ3n) is 9.65. The Kier molecular flexibility index (Phi) is 41.4. The van der Waals surface area contributed by atoms with Crippen LogP contribution in [0.1, 0.15) is 157 Å². The van der Waals surface area contributed by atoms with Crippen molar-refractivity contribution in [1.82, 2.24) is 4.90 Å². The number of hydrogen-bond donors (Lipinski definition) is 1. The molecule has 1 fully saturated rings. The highest BCUT2D eigenvalue weighted by molar-refractivity contribution is 5.69. The van der Waals surface area contributed by atoms with E-state index < -0.39 is 24.3 Å². The highest BCUT2D eigenvalue weighted by Gasteiger charge is 2.22. The van der Waals surface area contributed by atoms with Gasteiger partial charge < -0.3 is 43.2 Å². The van der Waals surface area contributed by atoms with E-state index in [9.17, 15) is 19.5 Å². The van der Waals surface area contributed by atoms with Gasteiger partial charge in [-0.05, 0) is 116 Å². The zero-order valence-corrected chi connectivity index (χ0v) is 39.2. The van der Waals surface area contributed by atoms with Gasteiger partial charge in [-0.15, -0.1) is 0 Å². The van der Waals surface area contributed by atoms with Crippen molar-refractivity contribution in [3.63, 3.8) is 0 Å². The number of rotatable bonds is 36. The number of carbonyl (C=O) groups excluding carboxylic acids is 3. The molecule has 0 saturated carbocycles. The zero-order chi connectivity index (χ0) is 45.0. The minimum absolute atomic E-state index is 0.0736. The van der Waals surface area contributed by atoms with Crippen molar-refractivity contribution in [2.75, 3.05) is 65.9 Å². The van der Waals surface area contributed by atoms with Gasteiger partial charge in [0.05, 0.1) is 32.3 Å². The monoisotopic (exact) mass is 866 g/mol. The molecule has 12 heteroatoms. The summed E-state index contributed by atoms with van der Waals surface area (Å²) < 4.78 is 39.2. The predicted molar refractivity (Wildman–Crippen MR) is 244 cm³/mol. The predicted octanol–water partition coefficient (Wildman–Crippen LogP) is 10.8. The van der Waals surface area contributed by atoms with Crippen LogP contribution in [0.5, 0.6) is 0 Å². The first-order valence-corrected chi connectivity index (χ1v) is 23.7. The SMILES string of the molecule is CC/C=C\CC.CC/C=C\CCOC(O)CCCCC(=O)OCC(COC(=O)CCCCC(OCC/C=C\CC)OCC/C=C\CC)COC(=O)OCC1CCCN(CC)C1. The van der Waals surface area contributed by atoms with Crippen LogP contribution in [0.25, 0.3) is 0 Å². The summed E-state index contributed by atoms with van der Waals surface area (Å²) >= 11 is 0. The first kappa shape index (κ1) is 58.0. The van der Waals surface area contributed by atoms with Gasteiger partial charge in [0, 0.05) is 25.3 Å². The maximum atomic E-state index is 12.7. The van der Waals surface area contributed by atoms with E-state index in [0.29, 0.717) is 51.9 Å². The molecule has 61 heavy (non-hydrogen) atoms. The van der Waals surface area contributed by atoms with Crippen LogP contribution >= 0.6 is 0 Å². The molecule has 1 aliphatic rings. The summed E-state index contributed by atoms with van der Waals surface area (Å²) in [6.45, 7) is 17.2. The Morgan fingerprint density at radius 2 is 1.08 bits per heavy atom. The summed E-state index contributed by atoms with van der Waals surface area (Å²) in [5, 5.41) is 10.0. The number of ether oxygens (including phenoxy) is 7. The molecule has 0 radical (unpaired) electrons. The minimum atomic E-state index is -0.871. The van der Waals surface area contributed by atoms with Gasteiger partial charge in [-0.25, -0.2) is 4.79 Å². The van der Waals surface area contributed by atoms with Crippen LogP contribution in [-0.2, 0) is 42.7 Å². The number of aliphatic hydroxyl groups is 1. The standard InChI is InChI=1S/C43H75NO11.C6H12/c1-5-9-12-19-29-49-39(45)24-15-16-25-40(46)52-34-38(36-55-43(48)54-33-37-23-22-28-44(8-4)32-37)35-53-41(47)26-17-18-27-42(50-30-20-13-10-6-2)51-31-21-14-11-7-3;1-3-5-6-4-2/h9-14,37-39,42,45H,5-8,15-36H2,1-4H3;5-6H,3-4H2,1-2H3/b12-9-,13-10-,14-11-;6-5-. The molecule has 1 saturated heterocycles. The van der Waals surface area contributed by atoms with Gasteiger partial charge in [-0.2, -0.15) is 0 Å². The molecule has 1 heterocycles. The van der Waals surface area contributed by atoms with Gasteiger partial charge in [0.15, 0.2) is 12.6 Å².